The van der Waals surface area contributed by atoms with Gasteiger partial charge < -0.3 is 16.2 Å². The topological polar surface area (TPSA) is 92.4 Å². The van der Waals surface area contributed by atoms with E-state index in [1.165, 1.54) is 6.92 Å². The summed E-state index contributed by atoms with van der Waals surface area (Å²) in [6.07, 6.45) is 3.84. The van der Waals surface area contributed by atoms with Crippen molar-refractivity contribution in [3.8, 4) is 0 Å². The molecule has 1 rings (SSSR count). The van der Waals surface area contributed by atoms with Crippen LogP contribution in [0.5, 0.6) is 0 Å². The van der Waals surface area contributed by atoms with Crippen LogP contribution in [-0.4, -0.2) is 28.6 Å². The van der Waals surface area contributed by atoms with E-state index in [0.29, 0.717) is 18.8 Å². The van der Waals surface area contributed by atoms with Crippen molar-refractivity contribution in [1.82, 2.24) is 5.32 Å². The maximum Gasteiger partial charge on any atom is 0.306 e. The van der Waals surface area contributed by atoms with E-state index in [2.05, 4.69) is 19.2 Å². The standard InChI is InChI=1S/C14H26N2O3/c1-4-10(5-2)6-12(15)14(16-9(3)17)7-11(8-14)13(18)19/h10-12H,4-8,15H2,1-3H3,(H,16,17)(H,18,19). The van der Waals surface area contributed by atoms with Crippen molar-refractivity contribution in [2.75, 3.05) is 0 Å². The van der Waals surface area contributed by atoms with Gasteiger partial charge in [0.1, 0.15) is 0 Å². The minimum Gasteiger partial charge on any atom is -0.481 e. The summed E-state index contributed by atoms with van der Waals surface area (Å²) in [5.41, 5.74) is 5.75. The van der Waals surface area contributed by atoms with Gasteiger partial charge in [-0.2, -0.15) is 0 Å². The van der Waals surface area contributed by atoms with E-state index in [4.69, 9.17) is 10.8 Å². The minimum atomic E-state index is -0.796. The molecule has 4 N–H and O–H groups in total. The summed E-state index contributed by atoms with van der Waals surface area (Å²) in [5.74, 6) is -0.774. The summed E-state index contributed by atoms with van der Waals surface area (Å²) in [7, 11) is 0. The number of carboxylic acid groups (broad SMARTS) is 1. The van der Waals surface area contributed by atoms with Crippen molar-refractivity contribution in [2.24, 2.45) is 17.6 Å². The number of nitrogens with one attached hydrogen (secondary N) is 1. The van der Waals surface area contributed by atoms with Crippen LogP contribution in [0.4, 0.5) is 0 Å². The molecular formula is C14H26N2O3. The van der Waals surface area contributed by atoms with Gasteiger partial charge in [0.15, 0.2) is 0 Å². The Morgan fingerprint density at radius 2 is 1.89 bits per heavy atom. The van der Waals surface area contributed by atoms with Crippen molar-refractivity contribution in [3.63, 3.8) is 0 Å². The van der Waals surface area contributed by atoms with Crippen LogP contribution in [0.1, 0.15) is 52.9 Å². The molecule has 110 valence electrons. The van der Waals surface area contributed by atoms with Gasteiger partial charge in [-0.15, -0.1) is 0 Å². The number of carbonyl (C=O) groups is 2. The van der Waals surface area contributed by atoms with E-state index in [9.17, 15) is 9.59 Å². The van der Waals surface area contributed by atoms with Crippen LogP contribution in [0.2, 0.25) is 0 Å². The minimum absolute atomic E-state index is 0.135. The fraction of sp³-hybridized carbons (Fsp3) is 0.857. The molecule has 0 aliphatic heterocycles. The number of amides is 1. The molecule has 19 heavy (non-hydrogen) atoms. The SMILES string of the molecule is CCC(CC)CC(N)C1(NC(C)=O)CC(C(=O)O)C1. The van der Waals surface area contributed by atoms with Crippen molar-refractivity contribution in [2.45, 2.75) is 64.5 Å². The summed E-state index contributed by atoms with van der Waals surface area (Å²) in [6, 6.07) is -0.170. The Morgan fingerprint density at radius 1 is 1.37 bits per heavy atom. The van der Waals surface area contributed by atoms with Crippen LogP contribution in [-0.2, 0) is 9.59 Å². The van der Waals surface area contributed by atoms with Gasteiger partial charge in [0, 0.05) is 13.0 Å². The number of carboxylic acids is 1. The van der Waals surface area contributed by atoms with Gasteiger partial charge in [-0.1, -0.05) is 26.7 Å². The largest absolute Gasteiger partial charge is 0.481 e. The molecule has 1 fully saturated rings. The van der Waals surface area contributed by atoms with Gasteiger partial charge in [-0.25, -0.2) is 0 Å². The highest BCUT2D eigenvalue weighted by molar-refractivity contribution is 5.76. The zero-order valence-electron chi connectivity index (χ0n) is 12.1. The highest BCUT2D eigenvalue weighted by Crippen LogP contribution is 2.41. The van der Waals surface area contributed by atoms with E-state index in [-0.39, 0.29) is 17.9 Å². The van der Waals surface area contributed by atoms with E-state index in [0.717, 1.165) is 19.3 Å². The predicted molar refractivity (Wildman–Crippen MR) is 73.6 cm³/mol. The van der Waals surface area contributed by atoms with Crippen molar-refractivity contribution in [3.05, 3.63) is 0 Å². The average molecular weight is 270 g/mol. The molecule has 1 aliphatic carbocycles. The molecule has 0 spiro atoms. The number of nitrogens with two attached hydrogens (primary N) is 1. The summed E-state index contributed by atoms with van der Waals surface area (Å²) < 4.78 is 0. The highest BCUT2D eigenvalue weighted by atomic mass is 16.4. The lowest BCUT2D eigenvalue weighted by atomic mass is 9.63. The van der Waals surface area contributed by atoms with E-state index in [1.807, 2.05) is 0 Å². The fourth-order valence-corrected chi connectivity index (χ4v) is 3.05. The van der Waals surface area contributed by atoms with Crippen LogP contribution >= 0.6 is 0 Å². The van der Waals surface area contributed by atoms with Gasteiger partial charge in [0.25, 0.3) is 0 Å². The Morgan fingerprint density at radius 3 is 2.26 bits per heavy atom. The molecule has 0 radical (unpaired) electrons. The van der Waals surface area contributed by atoms with Gasteiger partial charge in [0.2, 0.25) is 5.91 Å². The third kappa shape index (κ3) is 3.69. The highest BCUT2D eigenvalue weighted by Gasteiger charge is 2.51. The summed E-state index contributed by atoms with van der Waals surface area (Å²) >= 11 is 0. The first-order valence-corrected chi connectivity index (χ1v) is 7.11. The summed E-state index contributed by atoms with van der Waals surface area (Å²) in [4.78, 5) is 22.3. The Bertz CT molecular complexity index is 334. The zero-order chi connectivity index (χ0) is 14.6. The van der Waals surface area contributed by atoms with Crippen molar-refractivity contribution in [1.29, 1.82) is 0 Å². The Balaban J connectivity index is 2.70. The third-order valence-corrected chi connectivity index (χ3v) is 4.45. The monoisotopic (exact) mass is 270 g/mol. The lowest BCUT2D eigenvalue weighted by Gasteiger charge is -2.50. The van der Waals surface area contributed by atoms with Gasteiger partial charge >= 0.3 is 5.97 Å². The first-order valence-electron chi connectivity index (χ1n) is 7.11. The van der Waals surface area contributed by atoms with Crippen LogP contribution in [0.25, 0.3) is 0 Å². The molecule has 1 unspecified atom stereocenters. The zero-order valence-corrected chi connectivity index (χ0v) is 12.1. The first kappa shape index (κ1) is 16.0. The molecule has 1 amide bonds. The maximum absolute atomic E-state index is 11.3. The number of carbonyl (C=O) groups excluding carboxylic acids is 1. The summed E-state index contributed by atoms with van der Waals surface area (Å²) in [6.45, 7) is 5.72. The fourth-order valence-electron chi connectivity index (χ4n) is 3.05. The third-order valence-electron chi connectivity index (χ3n) is 4.45. The summed E-state index contributed by atoms with van der Waals surface area (Å²) in [5, 5.41) is 11.9. The number of rotatable bonds is 7. The lowest BCUT2D eigenvalue weighted by molar-refractivity contribution is -0.150. The molecule has 0 aromatic carbocycles. The van der Waals surface area contributed by atoms with E-state index >= 15 is 0 Å². The molecule has 1 atom stereocenters. The van der Waals surface area contributed by atoms with Crippen LogP contribution in [0, 0.1) is 11.8 Å². The first-order chi connectivity index (χ1) is 8.84. The van der Waals surface area contributed by atoms with Crippen LogP contribution in [0.15, 0.2) is 0 Å². The van der Waals surface area contributed by atoms with Gasteiger partial charge in [-0.3, -0.25) is 9.59 Å². The second kappa shape index (κ2) is 6.37. The van der Waals surface area contributed by atoms with E-state index < -0.39 is 11.5 Å². The second-order valence-electron chi connectivity index (χ2n) is 5.81. The Labute approximate surface area is 114 Å². The predicted octanol–water partition coefficient (Wildman–Crippen LogP) is 1.51. The number of aliphatic carboxylic acids is 1. The molecule has 0 aromatic heterocycles. The second-order valence-corrected chi connectivity index (χ2v) is 5.81. The van der Waals surface area contributed by atoms with Crippen molar-refractivity contribution >= 4 is 11.9 Å². The average Bonchev–Trinajstić information content (AvgIpc) is 2.28. The number of hydrogen-bond donors (Lipinski definition) is 3. The molecule has 0 heterocycles. The maximum atomic E-state index is 11.3. The van der Waals surface area contributed by atoms with E-state index in [1.54, 1.807) is 0 Å². The number of hydrogen-bond acceptors (Lipinski definition) is 3. The molecule has 0 bridgehead atoms. The molecule has 5 nitrogen and oxygen atoms in total. The van der Waals surface area contributed by atoms with Crippen LogP contribution in [0.3, 0.4) is 0 Å². The molecule has 1 aliphatic rings. The normalized spacial score (nSPS) is 27.7. The Kier molecular flexibility index (Phi) is 5.35. The molecular weight excluding hydrogens is 244 g/mol. The molecule has 5 heteroatoms. The molecule has 0 aromatic rings. The van der Waals surface area contributed by atoms with Crippen molar-refractivity contribution < 1.29 is 14.7 Å². The Hall–Kier alpha value is -1.10. The quantitative estimate of drug-likeness (QED) is 0.654. The molecule has 1 saturated carbocycles. The lowest BCUT2D eigenvalue weighted by Crippen LogP contribution is -2.67. The van der Waals surface area contributed by atoms with Gasteiger partial charge in [0.05, 0.1) is 11.5 Å². The van der Waals surface area contributed by atoms with Crippen LogP contribution < -0.4 is 11.1 Å². The molecule has 0 saturated heterocycles. The smallest absolute Gasteiger partial charge is 0.306 e. The van der Waals surface area contributed by atoms with Gasteiger partial charge in [-0.05, 0) is 25.2 Å².